The standard InChI is InChI=1S/C33H41F9N2O2/c1-23-27-22-26(46)16-17-28(27)44(29(23)24-12-14-25(45)15-13-24)21-11-7-6-10-20-43(2)19-9-5-3-4-8-18-30(34,35)31(36,37)32(38,39)33(40,41)42/h12-17,22,45-46H,3-11,18-21H2,1-2H3. The van der Waals surface area contributed by atoms with E-state index in [0.717, 1.165) is 66.5 Å². The zero-order valence-electron chi connectivity index (χ0n) is 25.9. The topological polar surface area (TPSA) is 48.6 Å². The van der Waals surface area contributed by atoms with Crippen molar-refractivity contribution in [1.29, 1.82) is 0 Å². The van der Waals surface area contributed by atoms with Gasteiger partial charge in [-0.2, -0.15) is 39.5 Å². The van der Waals surface area contributed by atoms with Crippen molar-refractivity contribution < 1.29 is 49.7 Å². The van der Waals surface area contributed by atoms with Crippen LogP contribution in [0.15, 0.2) is 42.5 Å². The number of unbranched alkanes of at least 4 members (excludes halogenated alkanes) is 7. The largest absolute Gasteiger partial charge is 0.508 e. The Balaban J connectivity index is 1.35. The highest BCUT2D eigenvalue weighted by Crippen LogP contribution is 2.54. The zero-order chi connectivity index (χ0) is 34.3. The van der Waals surface area contributed by atoms with Crippen LogP contribution in [0, 0.1) is 6.92 Å². The van der Waals surface area contributed by atoms with Crippen molar-refractivity contribution in [3.05, 3.63) is 48.0 Å². The summed E-state index contributed by atoms with van der Waals surface area (Å²) in [6, 6.07) is 12.4. The normalized spacial score (nSPS) is 13.3. The molecule has 0 aliphatic heterocycles. The lowest BCUT2D eigenvalue weighted by Gasteiger charge is -2.33. The average molecular weight is 669 g/mol. The van der Waals surface area contributed by atoms with Gasteiger partial charge in [0.15, 0.2) is 0 Å². The molecule has 0 atom stereocenters. The van der Waals surface area contributed by atoms with E-state index >= 15 is 0 Å². The summed E-state index contributed by atoms with van der Waals surface area (Å²) < 4.78 is 119. The van der Waals surface area contributed by atoms with Crippen LogP contribution >= 0.6 is 0 Å². The number of phenolic OH excluding ortho intramolecular Hbond substituents is 2. The van der Waals surface area contributed by atoms with E-state index in [1.807, 2.05) is 32.2 Å². The van der Waals surface area contributed by atoms with Crippen molar-refractivity contribution in [2.45, 2.75) is 102 Å². The van der Waals surface area contributed by atoms with Crippen molar-refractivity contribution >= 4 is 10.9 Å². The Hall–Kier alpha value is -3.09. The number of nitrogens with zero attached hydrogens (tertiary/aromatic N) is 2. The molecule has 0 radical (unpaired) electrons. The van der Waals surface area contributed by atoms with Crippen molar-refractivity contribution in [1.82, 2.24) is 9.47 Å². The highest BCUT2D eigenvalue weighted by Gasteiger charge is 2.81. The molecule has 0 spiro atoms. The Morgan fingerprint density at radius 1 is 0.652 bits per heavy atom. The maximum Gasteiger partial charge on any atom is 0.460 e. The number of rotatable bonds is 18. The van der Waals surface area contributed by atoms with Gasteiger partial charge in [-0.3, -0.25) is 0 Å². The van der Waals surface area contributed by atoms with Crippen LogP contribution in [0.25, 0.3) is 22.2 Å². The van der Waals surface area contributed by atoms with E-state index in [-0.39, 0.29) is 17.9 Å². The average Bonchev–Trinajstić information content (AvgIpc) is 3.24. The number of halogens is 9. The van der Waals surface area contributed by atoms with Crippen molar-refractivity contribution in [2.75, 3.05) is 20.1 Å². The van der Waals surface area contributed by atoms with E-state index in [9.17, 15) is 49.7 Å². The van der Waals surface area contributed by atoms with Gasteiger partial charge in [-0.1, -0.05) is 32.1 Å². The van der Waals surface area contributed by atoms with Gasteiger partial charge in [0.25, 0.3) is 0 Å². The second-order valence-electron chi connectivity index (χ2n) is 12.0. The molecule has 2 aromatic carbocycles. The molecule has 0 aliphatic rings. The predicted molar refractivity (Wildman–Crippen MR) is 160 cm³/mol. The van der Waals surface area contributed by atoms with Crippen LogP contribution in [0.4, 0.5) is 39.5 Å². The molecule has 1 heterocycles. The first-order valence-corrected chi connectivity index (χ1v) is 15.4. The van der Waals surface area contributed by atoms with E-state index in [1.165, 1.54) is 0 Å². The van der Waals surface area contributed by atoms with Crippen molar-refractivity contribution in [3.63, 3.8) is 0 Å². The molecule has 0 saturated carbocycles. The van der Waals surface area contributed by atoms with Crippen LogP contribution in [0.5, 0.6) is 11.5 Å². The molecule has 0 unspecified atom stereocenters. The molecule has 0 bridgehead atoms. The highest BCUT2D eigenvalue weighted by molar-refractivity contribution is 5.92. The van der Waals surface area contributed by atoms with Gasteiger partial charge < -0.3 is 19.7 Å². The third-order valence-electron chi connectivity index (χ3n) is 8.35. The molecule has 0 saturated heterocycles. The maximum absolute atomic E-state index is 13.6. The lowest BCUT2D eigenvalue weighted by molar-refractivity contribution is -0.396. The first-order valence-electron chi connectivity index (χ1n) is 15.4. The van der Waals surface area contributed by atoms with E-state index < -0.39 is 36.8 Å². The number of aromatic hydroxyl groups is 2. The van der Waals surface area contributed by atoms with Crippen LogP contribution in [0.1, 0.15) is 69.8 Å². The van der Waals surface area contributed by atoms with Crippen molar-refractivity contribution in [3.8, 4) is 22.8 Å². The highest BCUT2D eigenvalue weighted by atomic mass is 19.4. The fraction of sp³-hybridized carbons (Fsp3) is 0.576. The van der Waals surface area contributed by atoms with Gasteiger partial charge in [-0.15, -0.1) is 0 Å². The van der Waals surface area contributed by atoms with Gasteiger partial charge >= 0.3 is 23.9 Å². The molecule has 0 aliphatic carbocycles. The van der Waals surface area contributed by atoms with E-state index in [4.69, 9.17) is 0 Å². The molecule has 3 rings (SSSR count). The fourth-order valence-corrected chi connectivity index (χ4v) is 5.67. The molecular weight excluding hydrogens is 627 g/mol. The second kappa shape index (κ2) is 15.2. The van der Waals surface area contributed by atoms with E-state index in [2.05, 4.69) is 9.47 Å². The Morgan fingerprint density at radius 3 is 1.76 bits per heavy atom. The minimum Gasteiger partial charge on any atom is -0.508 e. The number of alkyl halides is 9. The molecule has 4 nitrogen and oxygen atoms in total. The number of hydrogen-bond donors (Lipinski definition) is 2. The summed E-state index contributed by atoms with van der Waals surface area (Å²) in [7, 11) is 1.94. The van der Waals surface area contributed by atoms with E-state index in [1.54, 1.807) is 24.3 Å². The number of aryl methyl sites for hydroxylation is 2. The molecule has 0 fully saturated rings. The molecule has 46 heavy (non-hydrogen) atoms. The SMILES string of the molecule is Cc1c(-c2ccc(O)cc2)n(CCCCCCN(C)CCCCCCCC(F)(F)C(F)(F)C(F)(F)C(F)(F)F)c2ccc(O)cc12. The first-order chi connectivity index (χ1) is 21.4. The number of benzene rings is 2. The van der Waals surface area contributed by atoms with Gasteiger partial charge in [0.05, 0.1) is 5.69 Å². The van der Waals surface area contributed by atoms with E-state index in [0.29, 0.717) is 25.8 Å². The van der Waals surface area contributed by atoms with Gasteiger partial charge in [-0.25, -0.2) is 0 Å². The summed E-state index contributed by atoms with van der Waals surface area (Å²) in [5.74, 6) is -18.5. The van der Waals surface area contributed by atoms with Crippen LogP contribution in [0.2, 0.25) is 0 Å². The molecule has 1 aromatic heterocycles. The molecule has 0 amide bonds. The smallest absolute Gasteiger partial charge is 0.460 e. The summed E-state index contributed by atoms with van der Waals surface area (Å²) in [6.45, 7) is 4.33. The Labute approximate surface area is 262 Å². The quantitative estimate of drug-likeness (QED) is 0.105. The summed E-state index contributed by atoms with van der Waals surface area (Å²) >= 11 is 0. The van der Waals surface area contributed by atoms with Crippen molar-refractivity contribution in [2.24, 2.45) is 0 Å². The zero-order valence-corrected chi connectivity index (χ0v) is 25.9. The summed E-state index contributed by atoms with van der Waals surface area (Å²) in [5.41, 5.74) is 4.07. The number of aromatic nitrogens is 1. The minimum atomic E-state index is -6.82. The fourth-order valence-electron chi connectivity index (χ4n) is 5.67. The minimum absolute atomic E-state index is 0.0127. The summed E-state index contributed by atoms with van der Waals surface area (Å²) in [5, 5.41) is 20.7. The molecular formula is C33H41F9N2O2. The van der Waals surface area contributed by atoms with Gasteiger partial charge in [0.2, 0.25) is 0 Å². The molecule has 13 heteroatoms. The second-order valence-corrected chi connectivity index (χ2v) is 12.0. The monoisotopic (exact) mass is 668 g/mol. The predicted octanol–water partition coefficient (Wildman–Crippen LogP) is 10.3. The summed E-state index contributed by atoms with van der Waals surface area (Å²) in [4.78, 5) is 2.12. The number of phenols is 2. The van der Waals surface area contributed by atoms with Gasteiger partial charge in [0, 0.05) is 23.9 Å². The number of hydrogen-bond acceptors (Lipinski definition) is 3. The summed E-state index contributed by atoms with van der Waals surface area (Å²) in [6.07, 6.45) is -3.62. The lowest BCUT2D eigenvalue weighted by Crippen LogP contribution is -2.60. The lowest BCUT2D eigenvalue weighted by atomic mass is 9.98. The van der Waals surface area contributed by atoms with Crippen LogP contribution in [0.3, 0.4) is 0 Å². The van der Waals surface area contributed by atoms with Gasteiger partial charge in [0.1, 0.15) is 11.5 Å². The Kier molecular flexibility index (Phi) is 12.4. The molecule has 3 aromatic rings. The van der Waals surface area contributed by atoms with Crippen LogP contribution in [-0.2, 0) is 6.54 Å². The third kappa shape index (κ3) is 8.63. The number of fused-ring (bicyclic) bond motifs is 1. The molecule has 258 valence electrons. The van der Waals surface area contributed by atoms with Gasteiger partial charge in [-0.05, 0) is 106 Å². The van der Waals surface area contributed by atoms with Crippen LogP contribution < -0.4 is 0 Å². The maximum atomic E-state index is 13.6. The Bertz CT molecular complexity index is 1400. The van der Waals surface area contributed by atoms with Crippen LogP contribution in [-0.4, -0.2) is 63.8 Å². The Morgan fingerprint density at radius 2 is 1.17 bits per heavy atom. The molecule has 2 N–H and O–H groups in total. The third-order valence-corrected chi connectivity index (χ3v) is 8.35. The first kappa shape index (κ1) is 37.4.